The summed E-state index contributed by atoms with van der Waals surface area (Å²) in [6, 6.07) is 2.54. The fourth-order valence-electron chi connectivity index (χ4n) is 1.00. The summed E-state index contributed by atoms with van der Waals surface area (Å²) in [5.41, 5.74) is 0.939. The number of carbonyl (C=O) groups is 1. The van der Waals surface area contributed by atoms with Gasteiger partial charge in [0.05, 0.1) is 0 Å². The van der Waals surface area contributed by atoms with Crippen LogP contribution in [0.15, 0.2) is 12.1 Å². The van der Waals surface area contributed by atoms with E-state index in [4.69, 9.17) is 28.3 Å². The zero-order chi connectivity index (χ0) is 11.6. The maximum atomic E-state index is 11.1. The number of hydrogen-bond acceptors (Lipinski definition) is 3. The number of rotatable bonds is 2. The van der Waals surface area contributed by atoms with Crippen molar-refractivity contribution in [3.63, 3.8) is 0 Å². The van der Waals surface area contributed by atoms with Gasteiger partial charge in [-0.05, 0) is 18.6 Å². The van der Waals surface area contributed by atoms with Crippen LogP contribution in [-0.2, 0) is 4.79 Å². The van der Waals surface area contributed by atoms with Gasteiger partial charge in [-0.25, -0.2) is 0 Å². The van der Waals surface area contributed by atoms with Crippen molar-refractivity contribution in [3.05, 3.63) is 17.7 Å². The molecule has 0 fully saturated rings. The molecule has 0 heterocycles. The van der Waals surface area contributed by atoms with Crippen molar-refractivity contribution >= 4 is 34.8 Å². The third-order valence-corrected chi connectivity index (χ3v) is 2.17. The first-order valence-corrected chi connectivity index (χ1v) is 4.90. The second kappa shape index (κ2) is 4.59. The molecule has 15 heavy (non-hydrogen) atoms. The Morgan fingerprint density at radius 3 is 2.40 bits per heavy atom. The Kier molecular flexibility index (Phi) is 3.66. The number of aromatic hydroxyl groups is 2. The van der Waals surface area contributed by atoms with Crippen LogP contribution >= 0.6 is 23.2 Å². The van der Waals surface area contributed by atoms with Gasteiger partial charge in [0.1, 0.15) is 0 Å². The first kappa shape index (κ1) is 11.9. The summed E-state index contributed by atoms with van der Waals surface area (Å²) in [7, 11) is 0. The van der Waals surface area contributed by atoms with Gasteiger partial charge in [0, 0.05) is 11.8 Å². The molecule has 0 saturated carbocycles. The third kappa shape index (κ3) is 2.91. The standard InChI is InChI=1S/C9H9Cl2NO3/c1-4-2-6(13)7(14)3-5(4)12-9(15)8(10)11/h2-3,8,13-14H,1H3,(H,12,15). The van der Waals surface area contributed by atoms with Crippen molar-refractivity contribution in [3.8, 4) is 11.5 Å². The lowest BCUT2D eigenvalue weighted by atomic mass is 10.2. The summed E-state index contributed by atoms with van der Waals surface area (Å²) in [4.78, 5) is 9.96. The molecule has 0 aliphatic heterocycles. The molecule has 0 atom stereocenters. The number of anilines is 1. The van der Waals surface area contributed by atoms with Gasteiger partial charge < -0.3 is 15.5 Å². The summed E-state index contributed by atoms with van der Waals surface area (Å²) in [6.45, 7) is 1.66. The summed E-state index contributed by atoms with van der Waals surface area (Å²) in [5.74, 6) is -1.16. The van der Waals surface area contributed by atoms with Crippen LogP contribution in [0.2, 0.25) is 0 Å². The van der Waals surface area contributed by atoms with E-state index in [1.54, 1.807) is 6.92 Å². The average Bonchev–Trinajstić information content (AvgIpc) is 2.13. The van der Waals surface area contributed by atoms with E-state index in [9.17, 15) is 9.90 Å². The molecule has 4 nitrogen and oxygen atoms in total. The first-order valence-electron chi connectivity index (χ1n) is 4.03. The van der Waals surface area contributed by atoms with Crippen molar-refractivity contribution in [2.45, 2.75) is 11.8 Å². The zero-order valence-electron chi connectivity index (χ0n) is 7.79. The minimum Gasteiger partial charge on any atom is -0.504 e. The number of nitrogens with one attached hydrogen (secondary N) is 1. The SMILES string of the molecule is Cc1cc(O)c(O)cc1NC(=O)C(Cl)Cl. The molecule has 1 aromatic carbocycles. The predicted octanol–water partition coefficient (Wildman–Crippen LogP) is 2.15. The molecular formula is C9H9Cl2NO3. The second-order valence-corrected chi connectivity index (χ2v) is 4.04. The number of hydrogen-bond donors (Lipinski definition) is 3. The topological polar surface area (TPSA) is 69.6 Å². The van der Waals surface area contributed by atoms with Gasteiger partial charge in [0.2, 0.25) is 0 Å². The zero-order valence-corrected chi connectivity index (χ0v) is 9.30. The van der Waals surface area contributed by atoms with E-state index in [0.29, 0.717) is 11.3 Å². The predicted molar refractivity (Wildman–Crippen MR) is 58.6 cm³/mol. The van der Waals surface area contributed by atoms with E-state index in [2.05, 4.69) is 5.32 Å². The van der Waals surface area contributed by atoms with Crippen LogP contribution in [0.4, 0.5) is 5.69 Å². The summed E-state index contributed by atoms with van der Waals surface area (Å²) in [6.07, 6.45) is 0. The molecule has 0 bridgehead atoms. The highest BCUT2D eigenvalue weighted by atomic mass is 35.5. The Hall–Kier alpha value is -1.13. The second-order valence-electron chi connectivity index (χ2n) is 2.95. The lowest BCUT2D eigenvalue weighted by molar-refractivity contribution is -0.114. The minimum absolute atomic E-state index is 0.251. The van der Waals surface area contributed by atoms with Gasteiger partial charge >= 0.3 is 0 Å². The number of aryl methyl sites for hydroxylation is 1. The Morgan fingerprint density at radius 2 is 1.87 bits per heavy atom. The van der Waals surface area contributed by atoms with Crippen LogP contribution in [-0.4, -0.2) is 21.0 Å². The molecule has 82 valence electrons. The Bertz CT molecular complexity index is 393. The lowest BCUT2D eigenvalue weighted by Gasteiger charge is -2.09. The molecule has 0 aromatic heterocycles. The number of phenols is 2. The smallest absolute Gasteiger partial charge is 0.257 e. The minimum atomic E-state index is -1.18. The fourth-order valence-corrected chi connectivity index (χ4v) is 1.11. The van der Waals surface area contributed by atoms with E-state index >= 15 is 0 Å². The Balaban J connectivity index is 2.96. The Labute approximate surface area is 96.4 Å². The normalized spacial score (nSPS) is 10.4. The van der Waals surface area contributed by atoms with Crippen molar-refractivity contribution in [2.75, 3.05) is 5.32 Å². The molecule has 0 saturated heterocycles. The number of alkyl halides is 2. The van der Waals surface area contributed by atoms with Crippen molar-refractivity contribution in [1.82, 2.24) is 0 Å². The highest BCUT2D eigenvalue weighted by Gasteiger charge is 2.13. The molecule has 0 radical (unpaired) electrons. The highest BCUT2D eigenvalue weighted by Crippen LogP contribution is 2.31. The Morgan fingerprint density at radius 1 is 1.33 bits per heavy atom. The van der Waals surface area contributed by atoms with E-state index < -0.39 is 10.7 Å². The van der Waals surface area contributed by atoms with Gasteiger partial charge in [0.25, 0.3) is 5.91 Å². The number of benzene rings is 1. The van der Waals surface area contributed by atoms with E-state index in [-0.39, 0.29) is 11.5 Å². The van der Waals surface area contributed by atoms with Crippen molar-refractivity contribution < 1.29 is 15.0 Å². The van der Waals surface area contributed by atoms with Crippen LogP contribution in [0.1, 0.15) is 5.56 Å². The summed E-state index contributed by atoms with van der Waals surface area (Å²) < 4.78 is 0. The maximum absolute atomic E-state index is 11.1. The molecule has 1 aromatic rings. The number of carbonyl (C=O) groups excluding carboxylic acids is 1. The highest BCUT2D eigenvalue weighted by molar-refractivity contribution is 6.54. The number of amides is 1. The average molecular weight is 250 g/mol. The van der Waals surface area contributed by atoms with Crippen LogP contribution in [0.5, 0.6) is 11.5 Å². The van der Waals surface area contributed by atoms with Crippen molar-refractivity contribution in [2.24, 2.45) is 0 Å². The molecule has 3 N–H and O–H groups in total. The van der Waals surface area contributed by atoms with Gasteiger partial charge in [-0.2, -0.15) is 0 Å². The summed E-state index contributed by atoms with van der Waals surface area (Å²) >= 11 is 10.7. The molecule has 0 aliphatic carbocycles. The van der Waals surface area contributed by atoms with Gasteiger partial charge in [-0.3, -0.25) is 4.79 Å². The van der Waals surface area contributed by atoms with E-state index in [1.807, 2.05) is 0 Å². The number of halogens is 2. The number of phenolic OH excluding ortho intramolecular Hbond substituents is 2. The molecule has 6 heteroatoms. The van der Waals surface area contributed by atoms with Crippen LogP contribution in [0.3, 0.4) is 0 Å². The molecule has 0 spiro atoms. The monoisotopic (exact) mass is 249 g/mol. The van der Waals surface area contributed by atoms with Crippen molar-refractivity contribution in [1.29, 1.82) is 0 Å². The first-order chi connectivity index (χ1) is 6.91. The largest absolute Gasteiger partial charge is 0.504 e. The van der Waals surface area contributed by atoms with Gasteiger partial charge in [-0.1, -0.05) is 23.2 Å². The summed E-state index contributed by atoms with van der Waals surface area (Å²) in [5, 5.41) is 20.8. The van der Waals surface area contributed by atoms with Crippen LogP contribution < -0.4 is 5.32 Å². The van der Waals surface area contributed by atoms with Gasteiger partial charge in [0.15, 0.2) is 16.3 Å². The van der Waals surface area contributed by atoms with Crippen LogP contribution in [0.25, 0.3) is 0 Å². The van der Waals surface area contributed by atoms with Crippen LogP contribution in [0, 0.1) is 6.92 Å². The molecular weight excluding hydrogens is 241 g/mol. The third-order valence-electron chi connectivity index (χ3n) is 1.78. The van der Waals surface area contributed by atoms with E-state index in [1.165, 1.54) is 12.1 Å². The van der Waals surface area contributed by atoms with Gasteiger partial charge in [-0.15, -0.1) is 0 Å². The molecule has 1 amide bonds. The fraction of sp³-hybridized carbons (Fsp3) is 0.222. The molecule has 1 rings (SSSR count). The lowest BCUT2D eigenvalue weighted by Crippen LogP contribution is -2.19. The van der Waals surface area contributed by atoms with E-state index in [0.717, 1.165) is 0 Å². The molecule has 0 unspecified atom stereocenters. The maximum Gasteiger partial charge on any atom is 0.257 e. The molecule has 0 aliphatic rings. The quantitative estimate of drug-likeness (QED) is 0.428.